The molecular weight excluding hydrogens is 586 g/mol. The van der Waals surface area contributed by atoms with E-state index in [-0.39, 0.29) is 48.3 Å². The van der Waals surface area contributed by atoms with Gasteiger partial charge in [0.15, 0.2) is 29.2 Å². The number of amides is 1. The zero-order valence-electron chi connectivity index (χ0n) is 26.3. The van der Waals surface area contributed by atoms with Crippen molar-refractivity contribution in [3.05, 3.63) is 82.8 Å². The van der Waals surface area contributed by atoms with Crippen molar-refractivity contribution in [3.63, 3.8) is 0 Å². The van der Waals surface area contributed by atoms with Crippen molar-refractivity contribution in [1.29, 1.82) is 5.26 Å². The lowest BCUT2D eigenvalue weighted by Gasteiger charge is -2.32. The van der Waals surface area contributed by atoms with Crippen LogP contribution in [0.25, 0.3) is 11.6 Å². The zero-order valence-corrected chi connectivity index (χ0v) is 26.3. The van der Waals surface area contributed by atoms with Crippen LogP contribution in [-0.2, 0) is 21.4 Å². The number of rotatable bonds is 5. The van der Waals surface area contributed by atoms with Crippen molar-refractivity contribution >= 4 is 17.4 Å². The Hall–Kier alpha value is -4.95. The molecule has 11 heteroatoms. The molecule has 7 rings (SSSR count). The minimum atomic E-state index is -1.56. The Labute approximate surface area is 266 Å². The molecule has 46 heavy (non-hydrogen) atoms. The molecule has 5 atom stereocenters. The van der Waals surface area contributed by atoms with Crippen LogP contribution in [0.2, 0.25) is 0 Å². The first kappa shape index (κ1) is 29.7. The summed E-state index contributed by atoms with van der Waals surface area (Å²) in [6.45, 7) is 9.10. The van der Waals surface area contributed by atoms with Gasteiger partial charge in [0.2, 0.25) is 17.7 Å². The van der Waals surface area contributed by atoms with Crippen LogP contribution in [0.5, 0.6) is 5.75 Å². The van der Waals surface area contributed by atoms with Crippen LogP contribution < -0.4 is 15.4 Å². The Balaban J connectivity index is 1.51. The lowest BCUT2D eigenvalue weighted by Crippen LogP contribution is -2.43. The fraction of sp³-hybridized carbons (Fsp3) is 0.400. The topological polar surface area (TPSA) is 164 Å². The highest BCUT2D eigenvalue weighted by atomic mass is 16.5. The van der Waals surface area contributed by atoms with Crippen LogP contribution in [-0.4, -0.2) is 38.6 Å². The molecule has 4 aromatic rings. The van der Waals surface area contributed by atoms with E-state index < -0.39 is 40.4 Å². The number of oxazole rings is 2. The average Bonchev–Trinajstić information content (AvgIpc) is 3.79. The van der Waals surface area contributed by atoms with E-state index in [0.717, 1.165) is 22.4 Å². The predicted octanol–water partition coefficient (Wildman–Crippen LogP) is 5.18. The molecule has 0 fully saturated rings. The third-order valence-corrected chi connectivity index (χ3v) is 9.54. The van der Waals surface area contributed by atoms with E-state index in [0.29, 0.717) is 11.5 Å². The fourth-order valence-electron chi connectivity index (χ4n) is 6.75. The van der Waals surface area contributed by atoms with Gasteiger partial charge in [-0.1, -0.05) is 58.0 Å². The van der Waals surface area contributed by atoms with Gasteiger partial charge in [0.25, 0.3) is 0 Å². The van der Waals surface area contributed by atoms with Crippen molar-refractivity contribution in [2.75, 3.05) is 5.32 Å². The summed E-state index contributed by atoms with van der Waals surface area (Å²) in [4.78, 5) is 36.8. The number of aromatic nitrogens is 2. The fourth-order valence-corrected chi connectivity index (χ4v) is 6.75. The minimum Gasteiger partial charge on any atom is -0.469 e. The monoisotopic (exact) mass is 621 g/mol. The van der Waals surface area contributed by atoms with E-state index >= 15 is 0 Å². The van der Waals surface area contributed by atoms with Gasteiger partial charge in [-0.15, -0.1) is 0 Å². The molecule has 0 saturated heterocycles. The highest BCUT2D eigenvalue weighted by Crippen LogP contribution is 2.59. The van der Waals surface area contributed by atoms with Crippen molar-refractivity contribution < 1.29 is 28.3 Å². The lowest BCUT2D eigenvalue weighted by atomic mass is 9.72. The van der Waals surface area contributed by atoms with Gasteiger partial charge in [-0.25, -0.2) is 4.98 Å². The Bertz CT molecular complexity index is 1930. The molecule has 5 heterocycles. The normalized spacial score (nSPS) is 24.2. The van der Waals surface area contributed by atoms with Crippen molar-refractivity contribution in [1.82, 2.24) is 15.3 Å². The van der Waals surface area contributed by atoms with E-state index in [4.69, 9.17) is 18.6 Å². The summed E-state index contributed by atoms with van der Waals surface area (Å²) in [6.07, 6.45) is 0.979. The van der Waals surface area contributed by atoms with Gasteiger partial charge in [-0.3, -0.25) is 9.59 Å². The number of aliphatic hydroxyl groups is 1. The number of ketones is 1. The smallest absolute Gasteiger partial charge is 0.250 e. The van der Waals surface area contributed by atoms with Gasteiger partial charge in [0.05, 0.1) is 0 Å². The number of hydrogen-bond acceptors (Lipinski definition) is 10. The number of fused-ring (bicyclic) bond motifs is 4. The van der Waals surface area contributed by atoms with Gasteiger partial charge in [-0.05, 0) is 48.4 Å². The van der Waals surface area contributed by atoms with Crippen LogP contribution in [0, 0.1) is 22.7 Å². The van der Waals surface area contributed by atoms with Crippen LogP contribution in [0.3, 0.4) is 0 Å². The van der Waals surface area contributed by atoms with E-state index in [9.17, 15) is 20.0 Å². The van der Waals surface area contributed by atoms with Crippen LogP contribution >= 0.6 is 0 Å². The SMILES string of the molecule is CCC(C)(O)C(=O)CC1Cc2ccc3c(c2)[C@@]2(c4ccccc4NC2O3)c2oc(nc2-c2nc(C#N)co2)[C@H](C(C)(C)C)NC1=O. The molecule has 0 aliphatic carbocycles. The molecule has 236 valence electrons. The average molecular weight is 622 g/mol. The number of anilines is 1. The van der Waals surface area contributed by atoms with Crippen LogP contribution in [0.4, 0.5) is 5.69 Å². The number of hydrogen-bond donors (Lipinski definition) is 3. The number of ether oxygens (including phenoxy) is 1. The van der Waals surface area contributed by atoms with Gasteiger partial charge >= 0.3 is 0 Å². The summed E-state index contributed by atoms with van der Waals surface area (Å²) in [7, 11) is 0. The molecule has 1 amide bonds. The largest absolute Gasteiger partial charge is 0.469 e. The second kappa shape index (κ2) is 10.3. The standard InChI is InChI=1S/C35H35N5O6/c1-6-34(5,43)25(41)15-19-13-18-11-12-24-22(14-18)35(21-9-7-8-10-23(21)38-32(35)45-24)28-26(30-37-20(16-36)17-44-30)39-31(46-28)27(33(2,3)4)40-29(19)42/h7-12,14,17,19,27,32,38,43H,6,13,15H2,1-5H3,(H,40,42)/t19?,27-,32?,34?,35+/m1/s1. The summed E-state index contributed by atoms with van der Waals surface area (Å²) >= 11 is 0. The number of benzene rings is 2. The first-order chi connectivity index (χ1) is 21.9. The first-order valence-electron chi connectivity index (χ1n) is 15.5. The molecule has 3 N–H and O–H groups in total. The van der Waals surface area contributed by atoms with Crippen molar-refractivity contribution in [2.24, 2.45) is 11.3 Å². The molecule has 0 radical (unpaired) electrons. The summed E-state index contributed by atoms with van der Waals surface area (Å²) in [5.41, 5.74) is 0.537. The molecule has 3 aliphatic rings. The number of nitrogens with one attached hydrogen (secondary N) is 2. The van der Waals surface area contributed by atoms with E-state index in [1.807, 2.05) is 69.3 Å². The van der Waals surface area contributed by atoms with E-state index in [1.165, 1.54) is 13.2 Å². The minimum absolute atomic E-state index is 0.0870. The highest BCUT2D eigenvalue weighted by molar-refractivity contribution is 5.91. The summed E-state index contributed by atoms with van der Waals surface area (Å²) in [6, 6.07) is 14.9. The Morgan fingerprint density at radius 2 is 1.91 bits per heavy atom. The molecule has 11 nitrogen and oxygen atoms in total. The molecule has 0 saturated carbocycles. The van der Waals surface area contributed by atoms with Gasteiger partial charge < -0.3 is 29.3 Å². The third-order valence-electron chi connectivity index (χ3n) is 9.54. The number of para-hydroxylation sites is 1. The van der Waals surface area contributed by atoms with Gasteiger partial charge in [0, 0.05) is 23.6 Å². The third kappa shape index (κ3) is 4.42. The maximum Gasteiger partial charge on any atom is 0.250 e. The zero-order chi connectivity index (χ0) is 32.6. The first-order valence-corrected chi connectivity index (χ1v) is 15.5. The number of carbonyl (C=O) groups is 2. The molecule has 2 aromatic heterocycles. The molecule has 2 aromatic carbocycles. The van der Waals surface area contributed by atoms with E-state index in [2.05, 4.69) is 15.6 Å². The van der Waals surface area contributed by atoms with Crippen molar-refractivity contribution in [2.45, 2.75) is 77.2 Å². The molecule has 4 bridgehead atoms. The van der Waals surface area contributed by atoms with E-state index in [1.54, 1.807) is 6.92 Å². The molecular formula is C35H35N5O6. The molecule has 1 spiro atoms. The van der Waals surface area contributed by atoms with Gasteiger partial charge in [-0.2, -0.15) is 10.2 Å². The second-order valence-corrected chi connectivity index (χ2v) is 13.7. The Morgan fingerprint density at radius 1 is 1.13 bits per heavy atom. The number of carbonyl (C=O) groups excluding carboxylic acids is 2. The second-order valence-electron chi connectivity index (χ2n) is 13.7. The highest BCUT2D eigenvalue weighted by Gasteiger charge is 2.61. The van der Waals surface area contributed by atoms with Crippen LogP contribution in [0.1, 0.15) is 87.5 Å². The van der Waals surface area contributed by atoms with Crippen LogP contribution in [0.15, 0.2) is 57.6 Å². The number of Topliss-reactive ketones (excluding diaryl/α,β-unsaturated/α-hetero) is 1. The number of nitriles is 1. The summed E-state index contributed by atoms with van der Waals surface area (Å²) < 4.78 is 19.2. The Kier molecular flexibility index (Phi) is 6.65. The molecule has 3 unspecified atom stereocenters. The summed E-state index contributed by atoms with van der Waals surface area (Å²) in [5.74, 6) is -0.194. The Morgan fingerprint density at radius 3 is 2.63 bits per heavy atom. The summed E-state index contributed by atoms with van der Waals surface area (Å²) in [5, 5.41) is 27.0. The predicted molar refractivity (Wildman–Crippen MR) is 166 cm³/mol. The quantitative estimate of drug-likeness (QED) is 0.271. The molecule has 3 aliphatic heterocycles. The number of nitrogens with zero attached hydrogens (tertiary/aromatic N) is 3. The maximum absolute atomic E-state index is 14.1. The van der Waals surface area contributed by atoms with Crippen molar-refractivity contribution in [3.8, 4) is 23.4 Å². The lowest BCUT2D eigenvalue weighted by molar-refractivity contribution is -0.140. The van der Waals surface area contributed by atoms with Gasteiger partial charge in [0.1, 0.15) is 35.1 Å². The maximum atomic E-state index is 14.1.